The van der Waals surface area contributed by atoms with Gasteiger partial charge in [-0.15, -0.1) is 12.4 Å². The highest BCUT2D eigenvalue weighted by atomic mass is 35.5. The summed E-state index contributed by atoms with van der Waals surface area (Å²) in [4.78, 5) is 19.2. The van der Waals surface area contributed by atoms with Gasteiger partial charge in [-0.2, -0.15) is 0 Å². The molecular weight excluding hydrogens is 252 g/mol. The minimum Gasteiger partial charge on any atom is -0.329 e. The quantitative estimate of drug-likeness (QED) is 0.795. The van der Waals surface area contributed by atoms with E-state index in [0.717, 1.165) is 11.0 Å². The van der Waals surface area contributed by atoms with E-state index >= 15 is 0 Å². The third-order valence-corrected chi connectivity index (χ3v) is 2.75. The van der Waals surface area contributed by atoms with Crippen molar-refractivity contribution in [2.24, 2.45) is 11.1 Å². The van der Waals surface area contributed by atoms with Gasteiger partial charge < -0.3 is 10.7 Å². The molecule has 0 aliphatic heterocycles. The molecule has 2 aromatic rings. The molecule has 98 valence electrons. The van der Waals surface area contributed by atoms with Crippen LogP contribution in [0.15, 0.2) is 24.3 Å². The van der Waals surface area contributed by atoms with Crippen LogP contribution in [-0.2, 0) is 4.79 Å². The first kappa shape index (κ1) is 14.5. The van der Waals surface area contributed by atoms with Crippen LogP contribution in [0.3, 0.4) is 0 Å². The first-order valence-corrected chi connectivity index (χ1v) is 5.49. The van der Waals surface area contributed by atoms with Crippen molar-refractivity contribution in [2.75, 3.05) is 11.9 Å². The van der Waals surface area contributed by atoms with Crippen molar-refractivity contribution >= 4 is 35.3 Å². The van der Waals surface area contributed by atoms with Crippen LogP contribution in [0.1, 0.15) is 13.8 Å². The van der Waals surface area contributed by atoms with Crippen molar-refractivity contribution in [3.63, 3.8) is 0 Å². The maximum absolute atomic E-state index is 11.9. The summed E-state index contributed by atoms with van der Waals surface area (Å²) in [7, 11) is 0. The smallest absolute Gasteiger partial charge is 0.233 e. The molecule has 0 unspecified atom stereocenters. The van der Waals surface area contributed by atoms with Gasteiger partial charge in [-0.1, -0.05) is 12.1 Å². The highest BCUT2D eigenvalue weighted by molar-refractivity contribution is 5.94. The minimum absolute atomic E-state index is 0. The SMILES string of the molecule is CC(C)(CN)C(=O)Nc1nc2ccccc2[nH]1.Cl. The summed E-state index contributed by atoms with van der Waals surface area (Å²) < 4.78 is 0. The summed E-state index contributed by atoms with van der Waals surface area (Å²) in [5, 5.41) is 2.74. The molecule has 1 aromatic heterocycles. The maximum Gasteiger partial charge on any atom is 0.233 e. The first-order chi connectivity index (χ1) is 8.03. The Morgan fingerprint density at radius 3 is 2.72 bits per heavy atom. The lowest BCUT2D eigenvalue weighted by Crippen LogP contribution is -2.37. The van der Waals surface area contributed by atoms with Gasteiger partial charge in [0, 0.05) is 6.54 Å². The molecular formula is C12H17ClN4O. The van der Waals surface area contributed by atoms with Crippen molar-refractivity contribution in [3.05, 3.63) is 24.3 Å². The van der Waals surface area contributed by atoms with E-state index in [1.807, 2.05) is 24.3 Å². The number of H-pyrrole nitrogens is 1. The van der Waals surface area contributed by atoms with Crippen LogP contribution >= 0.6 is 12.4 Å². The van der Waals surface area contributed by atoms with Crippen LogP contribution in [0.2, 0.25) is 0 Å². The predicted octanol–water partition coefficient (Wildman–Crippen LogP) is 1.91. The van der Waals surface area contributed by atoms with Gasteiger partial charge in [0.05, 0.1) is 16.4 Å². The van der Waals surface area contributed by atoms with Gasteiger partial charge >= 0.3 is 0 Å². The van der Waals surface area contributed by atoms with Crippen LogP contribution in [-0.4, -0.2) is 22.4 Å². The summed E-state index contributed by atoms with van der Waals surface area (Å²) in [5.74, 6) is 0.316. The number of para-hydroxylation sites is 2. The summed E-state index contributed by atoms with van der Waals surface area (Å²) in [5.41, 5.74) is 6.67. The van der Waals surface area contributed by atoms with E-state index in [1.165, 1.54) is 0 Å². The third-order valence-electron chi connectivity index (χ3n) is 2.75. The molecule has 1 aromatic carbocycles. The molecule has 6 heteroatoms. The fourth-order valence-electron chi connectivity index (χ4n) is 1.38. The molecule has 1 amide bonds. The molecule has 0 aliphatic rings. The van der Waals surface area contributed by atoms with Gasteiger partial charge in [0.2, 0.25) is 11.9 Å². The zero-order chi connectivity index (χ0) is 12.5. The molecule has 0 bridgehead atoms. The van der Waals surface area contributed by atoms with Gasteiger partial charge in [-0.05, 0) is 26.0 Å². The number of anilines is 1. The van der Waals surface area contributed by atoms with Gasteiger partial charge in [-0.25, -0.2) is 4.98 Å². The van der Waals surface area contributed by atoms with Crippen molar-refractivity contribution < 1.29 is 4.79 Å². The Bertz CT molecular complexity index is 517. The van der Waals surface area contributed by atoms with Crippen molar-refractivity contribution in [1.82, 2.24) is 9.97 Å². The number of nitrogens with zero attached hydrogens (tertiary/aromatic N) is 1. The number of nitrogens with two attached hydrogens (primary N) is 1. The van der Waals surface area contributed by atoms with E-state index in [0.29, 0.717) is 12.5 Å². The van der Waals surface area contributed by atoms with Crippen LogP contribution in [0, 0.1) is 5.41 Å². The molecule has 0 spiro atoms. The number of carbonyl (C=O) groups is 1. The number of amides is 1. The summed E-state index contributed by atoms with van der Waals surface area (Å²) in [6.45, 7) is 3.88. The number of hydrogen-bond acceptors (Lipinski definition) is 3. The topological polar surface area (TPSA) is 83.8 Å². The molecule has 0 saturated carbocycles. The molecule has 5 nitrogen and oxygen atoms in total. The number of hydrogen-bond donors (Lipinski definition) is 3. The number of aromatic nitrogens is 2. The van der Waals surface area contributed by atoms with E-state index < -0.39 is 5.41 Å². The lowest BCUT2D eigenvalue weighted by atomic mass is 9.93. The number of imidazole rings is 1. The van der Waals surface area contributed by atoms with Crippen molar-refractivity contribution in [3.8, 4) is 0 Å². The molecule has 0 saturated heterocycles. The summed E-state index contributed by atoms with van der Waals surface area (Å²) >= 11 is 0. The highest BCUT2D eigenvalue weighted by Gasteiger charge is 2.26. The first-order valence-electron chi connectivity index (χ1n) is 5.49. The fourth-order valence-corrected chi connectivity index (χ4v) is 1.38. The Kier molecular flexibility index (Phi) is 4.32. The number of carbonyl (C=O) groups excluding carboxylic acids is 1. The number of aromatic amines is 1. The van der Waals surface area contributed by atoms with Crippen LogP contribution in [0.25, 0.3) is 11.0 Å². The third kappa shape index (κ3) is 2.80. The fraction of sp³-hybridized carbons (Fsp3) is 0.333. The van der Waals surface area contributed by atoms with E-state index in [1.54, 1.807) is 13.8 Å². The zero-order valence-electron chi connectivity index (χ0n) is 10.4. The van der Waals surface area contributed by atoms with Crippen LogP contribution in [0.4, 0.5) is 5.95 Å². The lowest BCUT2D eigenvalue weighted by Gasteiger charge is -2.19. The molecule has 18 heavy (non-hydrogen) atoms. The number of halogens is 1. The minimum atomic E-state index is -0.598. The number of rotatable bonds is 3. The number of benzene rings is 1. The zero-order valence-corrected chi connectivity index (χ0v) is 11.2. The van der Waals surface area contributed by atoms with Crippen molar-refractivity contribution in [2.45, 2.75) is 13.8 Å². The monoisotopic (exact) mass is 268 g/mol. The maximum atomic E-state index is 11.9. The van der Waals surface area contributed by atoms with E-state index in [4.69, 9.17) is 5.73 Å². The van der Waals surface area contributed by atoms with Crippen LogP contribution < -0.4 is 11.1 Å². The Labute approximate surface area is 112 Å². The molecule has 4 N–H and O–H groups in total. The van der Waals surface area contributed by atoms with E-state index in [2.05, 4.69) is 15.3 Å². The van der Waals surface area contributed by atoms with Crippen LogP contribution in [0.5, 0.6) is 0 Å². The second kappa shape index (κ2) is 5.37. The van der Waals surface area contributed by atoms with Gasteiger partial charge in [0.1, 0.15) is 0 Å². The molecule has 0 fully saturated rings. The summed E-state index contributed by atoms with van der Waals surface area (Å²) in [6.07, 6.45) is 0. The number of fused-ring (bicyclic) bond motifs is 1. The Morgan fingerprint density at radius 2 is 2.11 bits per heavy atom. The molecule has 0 radical (unpaired) electrons. The predicted molar refractivity (Wildman–Crippen MR) is 74.8 cm³/mol. The lowest BCUT2D eigenvalue weighted by molar-refractivity contribution is -0.123. The standard InChI is InChI=1S/C12H16N4O.ClH/c1-12(2,7-13)10(17)16-11-14-8-5-3-4-6-9(8)15-11;/h3-6H,7,13H2,1-2H3,(H2,14,15,16,17);1H. The summed E-state index contributed by atoms with van der Waals surface area (Å²) in [6, 6.07) is 7.61. The van der Waals surface area contributed by atoms with Gasteiger partial charge in [-0.3, -0.25) is 10.1 Å². The molecule has 1 heterocycles. The highest BCUT2D eigenvalue weighted by Crippen LogP contribution is 2.18. The normalized spacial score (nSPS) is 11.1. The second-order valence-electron chi connectivity index (χ2n) is 4.64. The van der Waals surface area contributed by atoms with Crippen molar-refractivity contribution in [1.29, 1.82) is 0 Å². The molecule has 0 aliphatic carbocycles. The van der Waals surface area contributed by atoms with E-state index in [9.17, 15) is 4.79 Å². The average molecular weight is 269 g/mol. The average Bonchev–Trinajstić information content (AvgIpc) is 2.70. The Morgan fingerprint density at radius 1 is 1.44 bits per heavy atom. The van der Waals surface area contributed by atoms with Gasteiger partial charge in [0.25, 0.3) is 0 Å². The Balaban J connectivity index is 0.00000162. The van der Waals surface area contributed by atoms with E-state index in [-0.39, 0.29) is 18.3 Å². The largest absolute Gasteiger partial charge is 0.329 e. The molecule has 2 rings (SSSR count). The second-order valence-corrected chi connectivity index (χ2v) is 4.64. The van der Waals surface area contributed by atoms with Gasteiger partial charge in [0.15, 0.2) is 0 Å². The molecule has 0 atom stereocenters. The number of nitrogens with one attached hydrogen (secondary N) is 2. The Hall–Kier alpha value is -1.59.